The molecule has 2 atom stereocenters. The lowest BCUT2D eigenvalue weighted by Crippen LogP contribution is -2.34. The summed E-state index contributed by atoms with van der Waals surface area (Å²) in [7, 11) is -3.66. The van der Waals surface area contributed by atoms with Gasteiger partial charge in [-0.2, -0.15) is 0 Å². The van der Waals surface area contributed by atoms with Crippen LogP contribution in [0.1, 0.15) is 51.1 Å². The normalized spacial score (nSPS) is 17.5. The molecule has 2 aromatic rings. The van der Waals surface area contributed by atoms with Gasteiger partial charge in [-0.3, -0.25) is 9.10 Å². The lowest BCUT2D eigenvalue weighted by atomic mass is 9.99. The fourth-order valence-electron chi connectivity index (χ4n) is 4.30. The van der Waals surface area contributed by atoms with Gasteiger partial charge >= 0.3 is 0 Å². The van der Waals surface area contributed by atoms with Gasteiger partial charge in [-0.25, -0.2) is 12.8 Å². The second kappa shape index (κ2) is 11.0. The Balaban J connectivity index is 1.52. The lowest BCUT2D eigenvalue weighted by Gasteiger charge is -2.33. The molecule has 1 amide bonds. The molecule has 0 aliphatic carbocycles. The van der Waals surface area contributed by atoms with Crippen molar-refractivity contribution in [3.05, 3.63) is 59.9 Å². The molecule has 0 saturated carbocycles. The SMILES string of the molecule is CC1CCCN(c2ccc(C(C)NC(=O)CCCN(c3ccccc3F)S(C)(=O)=O)cc2)C1. The van der Waals surface area contributed by atoms with Gasteiger partial charge in [0.2, 0.25) is 15.9 Å². The van der Waals surface area contributed by atoms with Crippen molar-refractivity contribution < 1.29 is 17.6 Å². The number of para-hydroxylation sites is 1. The minimum absolute atomic E-state index is 0.00281. The van der Waals surface area contributed by atoms with Crippen molar-refractivity contribution >= 4 is 27.3 Å². The molecule has 1 N–H and O–H groups in total. The van der Waals surface area contributed by atoms with Gasteiger partial charge in [0, 0.05) is 31.7 Å². The summed E-state index contributed by atoms with van der Waals surface area (Å²) in [6.07, 6.45) is 3.96. The number of sulfonamides is 1. The molecule has 0 radical (unpaired) electrons. The Morgan fingerprint density at radius 1 is 1.21 bits per heavy atom. The zero-order valence-electron chi connectivity index (χ0n) is 19.6. The maximum absolute atomic E-state index is 14.1. The summed E-state index contributed by atoms with van der Waals surface area (Å²) in [5.74, 6) is -0.0736. The largest absolute Gasteiger partial charge is 0.371 e. The number of carbonyl (C=O) groups excluding carboxylic acids is 1. The third-order valence-corrected chi connectivity index (χ3v) is 7.26. The quantitative estimate of drug-likeness (QED) is 0.580. The predicted molar refractivity (Wildman–Crippen MR) is 131 cm³/mol. The Morgan fingerprint density at radius 3 is 2.55 bits per heavy atom. The molecule has 0 spiro atoms. The molecule has 1 heterocycles. The highest BCUT2D eigenvalue weighted by molar-refractivity contribution is 7.92. The molecular formula is C25H34FN3O3S. The minimum Gasteiger partial charge on any atom is -0.371 e. The zero-order chi connectivity index (χ0) is 24.0. The second-order valence-electron chi connectivity index (χ2n) is 8.96. The number of piperidine rings is 1. The summed E-state index contributed by atoms with van der Waals surface area (Å²) in [5, 5.41) is 2.97. The molecule has 6 nitrogen and oxygen atoms in total. The molecule has 180 valence electrons. The van der Waals surface area contributed by atoms with Crippen molar-refractivity contribution in [3.63, 3.8) is 0 Å². The van der Waals surface area contributed by atoms with Crippen LogP contribution in [-0.4, -0.2) is 40.2 Å². The Hall–Kier alpha value is -2.61. The molecule has 3 rings (SSSR count). The van der Waals surface area contributed by atoms with Crippen LogP contribution in [0.4, 0.5) is 15.8 Å². The highest BCUT2D eigenvalue weighted by atomic mass is 32.2. The summed E-state index contributed by atoms with van der Waals surface area (Å²) < 4.78 is 39.4. The van der Waals surface area contributed by atoms with E-state index in [1.54, 1.807) is 6.07 Å². The minimum atomic E-state index is -3.66. The highest BCUT2D eigenvalue weighted by Crippen LogP contribution is 2.25. The third kappa shape index (κ3) is 6.93. The van der Waals surface area contributed by atoms with Crippen molar-refractivity contribution in [2.75, 3.05) is 35.1 Å². The smallest absolute Gasteiger partial charge is 0.232 e. The number of benzene rings is 2. The van der Waals surface area contributed by atoms with E-state index in [-0.39, 0.29) is 37.0 Å². The first-order valence-corrected chi connectivity index (χ1v) is 13.4. The maximum atomic E-state index is 14.1. The number of nitrogens with zero attached hydrogens (tertiary/aromatic N) is 2. The van der Waals surface area contributed by atoms with Gasteiger partial charge in [-0.05, 0) is 61.9 Å². The van der Waals surface area contributed by atoms with Gasteiger partial charge in [0.25, 0.3) is 0 Å². The Morgan fingerprint density at radius 2 is 1.91 bits per heavy atom. The number of halogens is 1. The molecule has 0 bridgehead atoms. The van der Waals surface area contributed by atoms with Crippen LogP contribution in [0.2, 0.25) is 0 Å². The molecule has 1 fully saturated rings. The van der Waals surface area contributed by atoms with Crippen molar-refractivity contribution in [1.29, 1.82) is 0 Å². The first kappa shape index (κ1) is 25.0. The van der Waals surface area contributed by atoms with Crippen LogP contribution in [-0.2, 0) is 14.8 Å². The van der Waals surface area contributed by atoms with E-state index in [9.17, 15) is 17.6 Å². The monoisotopic (exact) mass is 475 g/mol. The highest BCUT2D eigenvalue weighted by Gasteiger charge is 2.21. The van der Waals surface area contributed by atoms with E-state index in [4.69, 9.17) is 0 Å². The average Bonchev–Trinajstić information content (AvgIpc) is 2.77. The summed E-state index contributed by atoms with van der Waals surface area (Å²) >= 11 is 0. The van der Waals surface area contributed by atoms with E-state index < -0.39 is 15.8 Å². The fraction of sp³-hybridized carbons (Fsp3) is 0.480. The maximum Gasteiger partial charge on any atom is 0.232 e. The number of anilines is 2. The van der Waals surface area contributed by atoms with Crippen molar-refractivity contribution in [2.24, 2.45) is 5.92 Å². The number of rotatable bonds is 9. The third-order valence-electron chi connectivity index (χ3n) is 6.08. The fourth-order valence-corrected chi connectivity index (χ4v) is 5.26. The summed E-state index contributed by atoms with van der Waals surface area (Å²) in [6, 6.07) is 13.9. The van der Waals surface area contributed by atoms with E-state index in [1.807, 2.05) is 19.1 Å². The molecule has 1 aliphatic heterocycles. The summed E-state index contributed by atoms with van der Waals surface area (Å²) in [6.45, 7) is 6.39. The van der Waals surface area contributed by atoms with Crippen LogP contribution in [0.3, 0.4) is 0 Å². The lowest BCUT2D eigenvalue weighted by molar-refractivity contribution is -0.121. The summed E-state index contributed by atoms with van der Waals surface area (Å²) in [5.41, 5.74) is 2.22. The Kier molecular flexibility index (Phi) is 8.35. The molecule has 1 aliphatic rings. The molecule has 2 unspecified atom stereocenters. The van der Waals surface area contributed by atoms with E-state index in [2.05, 4.69) is 29.3 Å². The molecule has 0 aromatic heterocycles. The predicted octanol–water partition coefficient (Wildman–Crippen LogP) is 4.49. The molecular weight excluding hydrogens is 441 g/mol. The van der Waals surface area contributed by atoms with Crippen molar-refractivity contribution in [3.8, 4) is 0 Å². The molecule has 2 aromatic carbocycles. The van der Waals surface area contributed by atoms with Gasteiger partial charge in [-0.1, -0.05) is 31.2 Å². The van der Waals surface area contributed by atoms with Crippen LogP contribution in [0, 0.1) is 11.7 Å². The average molecular weight is 476 g/mol. The standard InChI is InChI=1S/C25H34FN3O3S/c1-19-8-6-16-28(18-19)22-14-12-21(13-15-22)20(2)27-25(30)11-7-17-29(33(3,31)32)24-10-5-4-9-23(24)26/h4-5,9-10,12-15,19-20H,6-8,11,16-18H2,1-3H3,(H,27,30). The zero-order valence-corrected chi connectivity index (χ0v) is 20.4. The van der Waals surface area contributed by atoms with Crippen LogP contribution >= 0.6 is 0 Å². The first-order chi connectivity index (χ1) is 15.6. The van der Waals surface area contributed by atoms with Crippen molar-refractivity contribution in [1.82, 2.24) is 5.32 Å². The van der Waals surface area contributed by atoms with E-state index in [0.717, 1.165) is 29.2 Å². The van der Waals surface area contributed by atoms with Gasteiger partial charge < -0.3 is 10.2 Å². The number of hydrogen-bond donors (Lipinski definition) is 1. The second-order valence-corrected chi connectivity index (χ2v) is 10.9. The number of carbonyl (C=O) groups is 1. The van der Waals surface area contributed by atoms with Crippen molar-refractivity contribution in [2.45, 2.75) is 45.6 Å². The Bertz CT molecular complexity index is 1040. The van der Waals surface area contributed by atoms with Crippen LogP contribution < -0.4 is 14.5 Å². The Labute approximate surface area is 196 Å². The topological polar surface area (TPSA) is 69.7 Å². The van der Waals surface area contributed by atoms with Crippen LogP contribution in [0.25, 0.3) is 0 Å². The van der Waals surface area contributed by atoms with Crippen LogP contribution in [0.15, 0.2) is 48.5 Å². The van der Waals surface area contributed by atoms with Gasteiger partial charge in [-0.15, -0.1) is 0 Å². The first-order valence-electron chi connectivity index (χ1n) is 11.5. The van der Waals surface area contributed by atoms with E-state index >= 15 is 0 Å². The number of amides is 1. The van der Waals surface area contributed by atoms with Gasteiger partial charge in [0.05, 0.1) is 18.0 Å². The van der Waals surface area contributed by atoms with Crippen LogP contribution in [0.5, 0.6) is 0 Å². The molecule has 8 heteroatoms. The molecule has 1 saturated heterocycles. The summed E-state index contributed by atoms with van der Waals surface area (Å²) in [4.78, 5) is 14.9. The van der Waals surface area contributed by atoms with Gasteiger partial charge in [0.1, 0.15) is 5.82 Å². The van der Waals surface area contributed by atoms with Gasteiger partial charge in [0.15, 0.2) is 0 Å². The number of hydrogen-bond acceptors (Lipinski definition) is 4. The molecule has 33 heavy (non-hydrogen) atoms. The van der Waals surface area contributed by atoms with E-state index in [1.165, 1.54) is 36.7 Å². The number of nitrogens with one attached hydrogen (secondary N) is 1. The van der Waals surface area contributed by atoms with E-state index in [0.29, 0.717) is 5.92 Å².